The van der Waals surface area contributed by atoms with Crippen molar-refractivity contribution in [3.05, 3.63) is 54.5 Å². The topological polar surface area (TPSA) is 85.1 Å². The molecule has 114 valence electrons. The molecule has 3 aromatic heterocycles. The molecule has 0 amide bonds. The molecule has 3 rings (SSSR count). The molecule has 6 nitrogen and oxygen atoms in total. The highest BCUT2D eigenvalue weighted by atomic mass is 32.2. The van der Waals surface area contributed by atoms with Crippen molar-refractivity contribution in [3.8, 4) is 10.6 Å². The summed E-state index contributed by atoms with van der Waals surface area (Å²) >= 11 is 1.14. The first-order chi connectivity index (χ1) is 10.6. The van der Waals surface area contributed by atoms with Gasteiger partial charge in [-0.3, -0.25) is 4.98 Å². The average molecular weight is 335 g/mol. The van der Waals surface area contributed by atoms with Crippen LogP contribution in [0.4, 0.5) is 0 Å². The molecule has 0 aliphatic rings. The van der Waals surface area contributed by atoms with Crippen molar-refractivity contribution in [2.45, 2.75) is 10.6 Å². The predicted molar refractivity (Wildman–Crippen MR) is 82.9 cm³/mol. The monoisotopic (exact) mass is 335 g/mol. The van der Waals surface area contributed by atoms with Crippen molar-refractivity contribution in [2.24, 2.45) is 0 Å². The molecule has 0 unspecified atom stereocenters. The van der Waals surface area contributed by atoms with Gasteiger partial charge in [-0.2, -0.15) is 0 Å². The summed E-state index contributed by atoms with van der Waals surface area (Å²) in [6, 6.07) is 10.5. The van der Waals surface area contributed by atoms with Crippen molar-refractivity contribution >= 4 is 21.4 Å². The molecular weight excluding hydrogens is 322 g/mol. The van der Waals surface area contributed by atoms with Crippen molar-refractivity contribution < 1.29 is 12.9 Å². The number of sulfonamides is 1. The van der Waals surface area contributed by atoms with Gasteiger partial charge >= 0.3 is 0 Å². The molecule has 0 aliphatic carbocycles. The second-order valence-corrected chi connectivity index (χ2v) is 7.54. The SMILES string of the molecule is O=S(=O)(NCCc1ccccn1)c1ccc(-c2ccno2)s1. The molecule has 1 N–H and O–H groups in total. The number of hydrogen-bond donors (Lipinski definition) is 1. The molecule has 0 saturated heterocycles. The average Bonchev–Trinajstić information content (AvgIpc) is 3.19. The summed E-state index contributed by atoms with van der Waals surface area (Å²) in [4.78, 5) is 4.88. The van der Waals surface area contributed by atoms with Crippen molar-refractivity contribution in [1.29, 1.82) is 0 Å². The van der Waals surface area contributed by atoms with Gasteiger partial charge in [-0.15, -0.1) is 11.3 Å². The van der Waals surface area contributed by atoms with Gasteiger partial charge in [0.1, 0.15) is 4.21 Å². The summed E-state index contributed by atoms with van der Waals surface area (Å²) in [7, 11) is -3.52. The first-order valence-corrected chi connectivity index (χ1v) is 8.85. The number of rotatable bonds is 6. The van der Waals surface area contributed by atoms with Gasteiger partial charge in [0, 0.05) is 30.9 Å². The maximum atomic E-state index is 12.2. The normalized spacial score (nSPS) is 11.6. The van der Waals surface area contributed by atoms with Gasteiger partial charge in [0.15, 0.2) is 5.76 Å². The number of nitrogens with zero attached hydrogens (tertiary/aromatic N) is 2. The molecule has 3 heterocycles. The maximum absolute atomic E-state index is 12.2. The van der Waals surface area contributed by atoms with Gasteiger partial charge in [-0.25, -0.2) is 13.1 Å². The minimum Gasteiger partial charge on any atom is -0.355 e. The van der Waals surface area contributed by atoms with Crippen LogP contribution in [0.1, 0.15) is 5.69 Å². The van der Waals surface area contributed by atoms with Crippen LogP contribution in [0.25, 0.3) is 10.6 Å². The van der Waals surface area contributed by atoms with E-state index >= 15 is 0 Å². The third kappa shape index (κ3) is 3.41. The minimum atomic E-state index is -3.52. The predicted octanol–water partition coefficient (Wildman–Crippen LogP) is 2.32. The number of hydrogen-bond acceptors (Lipinski definition) is 6. The Hall–Kier alpha value is -2.03. The van der Waals surface area contributed by atoms with Crippen LogP contribution in [0.2, 0.25) is 0 Å². The molecule has 0 atom stereocenters. The van der Waals surface area contributed by atoms with Crippen molar-refractivity contribution in [1.82, 2.24) is 14.9 Å². The van der Waals surface area contributed by atoms with E-state index in [1.54, 1.807) is 24.4 Å². The van der Waals surface area contributed by atoms with Crippen LogP contribution in [0.5, 0.6) is 0 Å². The molecule has 0 bridgehead atoms. The van der Waals surface area contributed by atoms with Gasteiger partial charge in [0.2, 0.25) is 10.0 Å². The summed E-state index contributed by atoms with van der Waals surface area (Å²) in [5, 5.41) is 3.61. The fourth-order valence-corrected chi connectivity index (χ4v) is 4.21. The Morgan fingerprint density at radius 3 is 2.77 bits per heavy atom. The summed E-state index contributed by atoms with van der Waals surface area (Å²) in [5.41, 5.74) is 0.846. The minimum absolute atomic E-state index is 0.250. The molecular formula is C14H13N3O3S2. The molecule has 0 radical (unpaired) electrons. The molecule has 8 heteroatoms. The van der Waals surface area contributed by atoms with Crippen LogP contribution < -0.4 is 4.72 Å². The Bertz CT molecular complexity index is 827. The van der Waals surface area contributed by atoms with Crippen LogP contribution >= 0.6 is 11.3 Å². The smallest absolute Gasteiger partial charge is 0.250 e. The number of nitrogens with one attached hydrogen (secondary N) is 1. The van der Waals surface area contributed by atoms with Crippen LogP contribution in [0.3, 0.4) is 0 Å². The standard InChI is InChI=1S/C14H13N3O3S2/c18-22(19,17-10-6-11-3-1-2-8-15-11)14-5-4-13(21-14)12-7-9-16-20-12/h1-5,7-9,17H,6,10H2. The highest BCUT2D eigenvalue weighted by molar-refractivity contribution is 7.91. The fourth-order valence-electron chi connectivity index (χ4n) is 1.87. The molecule has 0 fully saturated rings. The van der Waals surface area contributed by atoms with E-state index in [0.29, 0.717) is 18.7 Å². The molecule has 0 aliphatic heterocycles. The molecule has 0 spiro atoms. The maximum Gasteiger partial charge on any atom is 0.250 e. The van der Waals surface area contributed by atoms with Gasteiger partial charge in [0.25, 0.3) is 0 Å². The Balaban J connectivity index is 1.66. The van der Waals surface area contributed by atoms with E-state index in [4.69, 9.17) is 4.52 Å². The Kier molecular flexibility index (Phi) is 4.32. The Morgan fingerprint density at radius 2 is 2.05 bits per heavy atom. The van der Waals surface area contributed by atoms with E-state index in [1.165, 1.54) is 6.20 Å². The summed E-state index contributed by atoms with van der Waals surface area (Å²) in [6.45, 7) is 0.300. The second-order valence-electron chi connectivity index (χ2n) is 4.46. The first-order valence-electron chi connectivity index (χ1n) is 6.56. The third-order valence-corrected chi connectivity index (χ3v) is 5.98. The van der Waals surface area contributed by atoms with E-state index < -0.39 is 10.0 Å². The Labute approximate surface area is 131 Å². The highest BCUT2D eigenvalue weighted by Gasteiger charge is 2.17. The second kappa shape index (κ2) is 6.39. The van der Waals surface area contributed by atoms with Gasteiger partial charge in [0.05, 0.1) is 11.1 Å². The lowest BCUT2D eigenvalue weighted by Gasteiger charge is -2.04. The highest BCUT2D eigenvalue weighted by Crippen LogP contribution is 2.30. The largest absolute Gasteiger partial charge is 0.355 e. The fraction of sp³-hybridized carbons (Fsp3) is 0.143. The van der Waals surface area contributed by atoms with Crippen molar-refractivity contribution in [2.75, 3.05) is 6.54 Å². The summed E-state index contributed by atoms with van der Waals surface area (Å²) < 4.78 is 32.3. The molecule has 3 aromatic rings. The summed E-state index contributed by atoms with van der Waals surface area (Å²) in [6.07, 6.45) is 3.75. The Morgan fingerprint density at radius 1 is 1.14 bits per heavy atom. The van der Waals surface area contributed by atoms with E-state index in [1.807, 2.05) is 18.2 Å². The lowest BCUT2D eigenvalue weighted by molar-refractivity contribution is 0.433. The number of pyridine rings is 1. The molecule has 0 aromatic carbocycles. The van der Waals surface area contributed by atoms with Gasteiger partial charge in [-0.05, 0) is 24.3 Å². The lowest BCUT2D eigenvalue weighted by atomic mass is 10.3. The zero-order valence-corrected chi connectivity index (χ0v) is 13.1. The quantitative estimate of drug-likeness (QED) is 0.747. The van der Waals surface area contributed by atoms with Gasteiger partial charge in [-0.1, -0.05) is 11.2 Å². The molecule has 0 saturated carbocycles. The van der Waals surface area contributed by atoms with Crippen LogP contribution in [0, 0.1) is 0 Å². The third-order valence-electron chi connectivity index (χ3n) is 2.93. The zero-order chi connectivity index (χ0) is 15.4. The lowest BCUT2D eigenvalue weighted by Crippen LogP contribution is -2.25. The summed E-state index contributed by atoms with van der Waals surface area (Å²) in [5.74, 6) is 0.555. The van der Waals surface area contributed by atoms with Crippen molar-refractivity contribution in [3.63, 3.8) is 0 Å². The van der Waals surface area contributed by atoms with Crippen LogP contribution in [-0.2, 0) is 16.4 Å². The van der Waals surface area contributed by atoms with E-state index in [0.717, 1.165) is 21.9 Å². The molecule has 22 heavy (non-hydrogen) atoms. The van der Waals surface area contributed by atoms with E-state index in [9.17, 15) is 8.42 Å². The number of aromatic nitrogens is 2. The zero-order valence-electron chi connectivity index (χ0n) is 11.5. The number of thiophene rings is 1. The van der Waals surface area contributed by atoms with Crippen LogP contribution in [-0.4, -0.2) is 25.1 Å². The first kappa shape index (κ1) is 14.9. The van der Waals surface area contributed by atoms with Crippen LogP contribution in [0.15, 0.2) is 57.5 Å². The van der Waals surface area contributed by atoms with Gasteiger partial charge < -0.3 is 4.52 Å². The van der Waals surface area contributed by atoms with E-state index in [-0.39, 0.29) is 4.21 Å². The van der Waals surface area contributed by atoms with E-state index in [2.05, 4.69) is 14.9 Å².